The van der Waals surface area contributed by atoms with E-state index in [2.05, 4.69) is 9.50 Å². The third-order valence-electron chi connectivity index (χ3n) is 6.92. The standard InChI is InChI=1S/C22H22ClF3N2O7S2/c1-10-4-12-8-22(30,9-35-37(27,33)34)18(10)20(12)36(31,32)17-5-11(2-3-14(17)23)21(29)28-13-6-15(24)19(26)16(25)7-13/h2-3,5-7,10,12,18,20,30H,4,8-9H2,1H3,(H,28,29)(H2,27,33,34)/t10-,12?,18?,20+,22-/m0/s1. The quantitative estimate of drug-likeness (QED) is 0.424. The average Bonchev–Trinajstić information content (AvgIpc) is 3.27. The lowest BCUT2D eigenvalue weighted by Gasteiger charge is -2.35. The van der Waals surface area contributed by atoms with E-state index in [9.17, 15) is 39.9 Å². The number of halogens is 4. The van der Waals surface area contributed by atoms with Crippen molar-refractivity contribution in [3.8, 4) is 0 Å². The second-order valence-electron chi connectivity index (χ2n) is 9.42. The van der Waals surface area contributed by atoms with Crippen LogP contribution in [0.3, 0.4) is 0 Å². The van der Waals surface area contributed by atoms with Crippen molar-refractivity contribution in [1.29, 1.82) is 0 Å². The summed E-state index contributed by atoms with van der Waals surface area (Å²) in [6.45, 7) is 1.00. The summed E-state index contributed by atoms with van der Waals surface area (Å²) < 4.78 is 94.8. The topological polar surface area (TPSA) is 153 Å². The van der Waals surface area contributed by atoms with Crippen LogP contribution in [-0.2, 0) is 24.3 Å². The number of hydrogen-bond acceptors (Lipinski definition) is 7. The van der Waals surface area contributed by atoms with Crippen molar-refractivity contribution in [3.05, 3.63) is 58.4 Å². The summed E-state index contributed by atoms with van der Waals surface area (Å²) >= 11 is 6.19. The molecule has 2 aliphatic carbocycles. The van der Waals surface area contributed by atoms with E-state index in [-0.39, 0.29) is 22.9 Å². The Hall–Kier alpha value is -2.23. The number of carbonyl (C=O) groups is 1. The maximum absolute atomic E-state index is 13.8. The zero-order chi connectivity index (χ0) is 27.5. The highest BCUT2D eigenvalue weighted by atomic mass is 35.5. The van der Waals surface area contributed by atoms with Crippen molar-refractivity contribution < 1.29 is 44.1 Å². The number of rotatable bonds is 7. The molecule has 2 aromatic rings. The van der Waals surface area contributed by atoms with Gasteiger partial charge in [0, 0.05) is 29.3 Å². The minimum atomic E-state index is -4.39. The van der Waals surface area contributed by atoms with Gasteiger partial charge < -0.3 is 10.4 Å². The van der Waals surface area contributed by atoms with Crippen molar-refractivity contribution in [2.24, 2.45) is 22.9 Å². The predicted octanol–water partition coefficient (Wildman–Crippen LogP) is 2.78. The molecule has 2 aliphatic rings. The van der Waals surface area contributed by atoms with Gasteiger partial charge >= 0.3 is 10.3 Å². The van der Waals surface area contributed by atoms with Crippen molar-refractivity contribution in [2.45, 2.75) is 35.5 Å². The highest BCUT2D eigenvalue weighted by Crippen LogP contribution is 2.58. The van der Waals surface area contributed by atoms with Crippen LogP contribution in [0, 0.1) is 35.2 Å². The second-order valence-corrected chi connectivity index (χ2v) is 13.1. The molecule has 0 aromatic heterocycles. The Labute approximate surface area is 215 Å². The van der Waals surface area contributed by atoms with E-state index < -0.39 is 83.4 Å². The first kappa shape index (κ1) is 27.8. The molecule has 0 spiro atoms. The number of fused-ring (bicyclic) bond motifs is 2. The van der Waals surface area contributed by atoms with Crippen molar-refractivity contribution in [2.75, 3.05) is 11.9 Å². The molecule has 4 rings (SSSR count). The molecule has 2 saturated carbocycles. The monoisotopic (exact) mass is 582 g/mol. The minimum Gasteiger partial charge on any atom is -0.387 e. The summed E-state index contributed by atoms with van der Waals surface area (Å²) in [6.07, 6.45) is 0.382. The van der Waals surface area contributed by atoms with E-state index >= 15 is 0 Å². The van der Waals surface area contributed by atoms with Crippen LogP contribution < -0.4 is 10.5 Å². The average molecular weight is 583 g/mol. The lowest BCUT2D eigenvalue weighted by molar-refractivity contribution is -0.0625. The maximum atomic E-state index is 13.8. The molecule has 37 heavy (non-hydrogen) atoms. The van der Waals surface area contributed by atoms with Gasteiger partial charge in [0.1, 0.15) is 0 Å². The molecule has 5 atom stereocenters. The van der Waals surface area contributed by atoms with Crippen LogP contribution >= 0.6 is 11.6 Å². The lowest BCUT2D eigenvalue weighted by atomic mass is 9.78. The van der Waals surface area contributed by atoms with Gasteiger partial charge in [0.15, 0.2) is 27.3 Å². The Morgan fingerprint density at radius 1 is 1.19 bits per heavy atom. The van der Waals surface area contributed by atoms with E-state index in [1.807, 2.05) is 0 Å². The molecular formula is C22H22ClF3N2O7S2. The summed E-state index contributed by atoms with van der Waals surface area (Å²) in [7, 11) is -8.68. The van der Waals surface area contributed by atoms with Crippen LogP contribution in [0.15, 0.2) is 35.2 Å². The van der Waals surface area contributed by atoms with Crippen LogP contribution in [0.1, 0.15) is 30.1 Å². The van der Waals surface area contributed by atoms with Crippen LogP contribution in [0.2, 0.25) is 5.02 Å². The first-order valence-electron chi connectivity index (χ1n) is 10.9. The Balaban J connectivity index is 1.65. The SMILES string of the molecule is C[C@H]1CC2C[C@](O)(COS(N)(=O)=O)C1[C@@H]2S(=O)(=O)c1cc(C(=O)Nc2cc(F)c(F)c(F)c2)ccc1Cl. The first-order valence-corrected chi connectivity index (χ1v) is 14.3. The maximum Gasteiger partial charge on any atom is 0.333 e. The summed E-state index contributed by atoms with van der Waals surface area (Å²) in [6, 6.07) is 4.46. The zero-order valence-electron chi connectivity index (χ0n) is 19.1. The largest absolute Gasteiger partial charge is 0.387 e. The molecule has 2 bridgehead atoms. The van der Waals surface area contributed by atoms with E-state index in [4.69, 9.17) is 16.7 Å². The van der Waals surface area contributed by atoms with Crippen LogP contribution in [0.4, 0.5) is 18.9 Å². The summed E-state index contributed by atoms with van der Waals surface area (Å²) in [5.74, 6) is -7.51. The van der Waals surface area contributed by atoms with E-state index in [1.165, 1.54) is 6.07 Å². The third-order valence-corrected chi connectivity index (χ3v) is 10.1. The van der Waals surface area contributed by atoms with Crippen LogP contribution in [0.5, 0.6) is 0 Å². The van der Waals surface area contributed by atoms with Gasteiger partial charge in [-0.1, -0.05) is 18.5 Å². The molecule has 0 heterocycles. The molecule has 1 amide bonds. The number of sulfone groups is 1. The van der Waals surface area contributed by atoms with Crippen molar-refractivity contribution >= 4 is 43.3 Å². The predicted molar refractivity (Wildman–Crippen MR) is 126 cm³/mol. The highest BCUT2D eigenvalue weighted by Gasteiger charge is 2.64. The van der Waals surface area contributed by atoms with Crippen molar-refractivity contribution in [1.82, 2.24) is 0 Å². The number of anilines is 1. The van der Waals surface area contributed by atoms with E-state index in [0.29, 0.717) is 18.6 Å². The number of amides is 1. The van der Waals surface area contributed by atoms with Crippen LogP contribution in [0.25, 0.3) is 0 Å². The van der Waals surface area contributed by atoms with Gasteiger partial charge in [-0.3, -0.25) is 8.98 Å². The molecule has 9 nitrogen and oxygen atoms in total. The third kappa shape index (κ3) is 5.22. The molecule has 4 N–H and O–H groups in total. The lowest BCUT2D eigenvalue weighted by Crippen LogP contribution is -2.46. The van der Waals surface area contributed by atoms with Gasteiger partial charge in [0.2, 0.25) is 0 Å². The second kappa shape index (κ2) is 9.50. The molecule has 2 unspecified atom stereocenters. The summed E-state index contributed by atoms with van der Waals surface area (Å²) in [5.41, 5.74) is -2.41. The van der Waals surface area contributed by atoms with Gasteiger partial charge in [0.25, 0.3) is 5.91 Å². The van der Waals surface area contributed by atoms with E-state index in [0.717, 1.165) is 12.1 Å². The molecule has 0 saturated heterocycles. The molecular weight excluding hydrogens is 561 g/mol. The van der Waals surface area contributed by atoms with Gasteiger partial charge in [-0.25, -0.2) is 26.7 Å². The smallest absolute Gasteiger partial charge is 0.333 e. The van der Waals surface area contributed by atoms with Gasteiger partial charge in [-0.2, -0.15) is 8.42 Å². The molecule has 2 fully saturated rings. The van der Waals surface area contributed by atoms with Gasteiger partial charge in [-0.05, 0) is 42.9 Å². The fourth-order valence-corrected chi connectivity index (χ4v) is 8.98. The zero-order valence-corrected chi connectivity index (χ0v) is 21.5. The molecule has 202 valence electrons. The number of hydrogen-bond donors (Lipinski definition) is 3. The Morgan fingerprint density at radius 2 is 1.81 bits per heavy atom. The normalized spacial score (nSPS) is 27.4. The fraction of sp³-hybridized carbons (Fsp3) is 0.409. The number of benzene rings is 2. The molecule has 0 aliphatic heterocycles. The number of carbonyl (C=O) groups excluding carboxylic acids is 1. The first-order chi connectivity index (χ1) is 17.0. The molecule has 2 aromatic carbocycles. The minimum absolute atomic E-state index is 0.0546. The van der Waals surface area contributed by atoms with Gasteiger partial charge in [0.05, 0.1) is 27.4 Å². The van der Waals surface area contributed by atoms with Crippen molar-refractivity contribution in [3.63, 3.8) is 0 Å². The summed E-state index contributed by atoms with van der Waals surface area (Å²) in [5, 5.41) is 16.8. The number of aliphatic hydroxyl groups is 1. The molecule has 0 radical (unpaired) electrons. The van der Waals surface area contributed by atoms with Crippen LogP contribution in [-0.4, -0.2) is 45.3 Å². The fourth-order valence-electron chi connectivity index (χ4n) is 5.63. The Morgan fingerprint density at radius 3 is 2.41 bits per heavy atom. The molecule has 15 heteroatoms. The Kier molecular flexibility index (Phi) is 7.14. The Bertz CT molecular complexity index is 1470. The summed E-state index contributed by atoms with van der Waals surface area (Å²) in [4.78, 5) is 12.3. The van der Waals surface area contributed by atoms with Gasteiger partial charge in [-0.15, -0.1) is 0 Å². The van der Waals surface area contributed by atoms with E-state index in [1.54, 1.807) is 6.92 Å². The number of nitrogens with one attached hydrogen (secondary N) is 1. The number of nitrogens with two attached hydrogens (primary N) is 1. The highest BCUT2D eigenvalue weighted by molar-refractivity contribution is 7.92.